The number of amides is 2. The van der Waals surface area contributed by atoms with Gasteiger partial charge in [-0.1, -0.05) is 40.2 Å². The molecule has 1 N–H and O–H groups in total. The van der Waals surface area contributed by atoms with Gasteiger partial charge in [-0.05, 0) is 49.1 Å². The predicted molar refractivity (Wildman–Crippen MR) is 119 cm³/mol. The molecule has 1 unspecified atom stereocenters. The number of aromatic nitrogens is 1. The molecule has 2 aromatic carbocycles. The lowest BCUT2D eigenvalue weighted by Crippen LogP contribution is -2.33. The zero-order valence-corrected chi connectivity index (χ0v) is 18.0. The van der Waals surface area contributed by atoms with Gasteiger partial charge in [0, 0.05) is 47.4 Å². The molecular weight excluding hydrogens is 430 g/mol. The van der Waals surface area contributed by atoms with Gasteiger partial charge in [0.2, 0.25) is 11.8 Å². The van der Waals surface area contributed by atoms with Crippen molar-refractivity contribution in [2.24, 2.45) is 5.92 Å². The summed E-state index contributed by atoms with van der Waals surface area (Å²) in [5.74, 6) is -0.335. The average Bonchev–Trinajstić information content (AvgIpc) is 3.25. The van der Waals surface area contributed by atoms with E-state index in [1.54, 1.807) is 4.90 Å². The van der Waals surface area contributed by atoms with E-state index in [0.717, 1.165) is 23.1 Å². The number of nitrogens with one attached hydrogen (secondary N) is 1. The van der Waals surface area contributed by atoms with E-state index in [1.807, 2.05) is 36.4 Å². The Labute approximate surface area is 178 Å². The number of hydrogen-bond donors (Lipinski definition) is 1. The molecule has 1 saturated heterocycles. The Hall–Kier alpha value is -2.60. The fourth-order valence-corrected chi connectivity index (χ4v) is 4.40. The number of benzene rings is 2. The van der Waals surface area contributed by atoms with Crippen LogP contribution in [0.5, 0.6) is 0 Å². The summed E-state index contributed by atoms with van der Waals surface area (Å²) in [5, 5.41) is 4.26. The van der Waals surface area contributed by atoms with Crippen molar-refractivity contribution in [3.05, 3.63) is 64.8 Å². The second-order valence-electron chi connectivity index (χ2n) is 7.53. The van der Waals surface area contributed by atoms with Crippen molar-refractivity contribution in [3.63, 3.8) is 0 Å². The van der Waals surface area contributed by atoms with Gasteiger partial charge in [-0.2, -0.15) is 0 Å². The van der Waals surface area contributed by atoms with Crippen LogP contribution in [0.15, 0.2) is 59.1 Å². The molecule has 1 aliphatic rings. The lowest BCUT2D eigenvalue weighted by Gasteiger charge is -2.17. The number of para-hydroxylation sites is 1. The van der Waals surface area contributed by atoms with Gasteiger partial charge < -0.3 is 14.8 Å². The van der Waals surface area contributed by atoms with Gasteiger partial charge in [0.15, 0.2) is 0 Å². The van der Waals surface area contributed by atoms with E-state index in [0.29, 0.717) is 13.1 Å². The molecule has 6 heteroatoms. The lowest BCUT2D eigenvalue weighted by atomic mass is 10.1. The molecule has 0 aliphatic carbocycles. The van der Waals surface area contributed by atoms with Crippen molar-refractivity contribution in [1.82, 2.24) is 9.88 Å². The van der Waals surface area contributed by atoms with Crippen molar-refractivity contribution in [3.8, 4) is 0 Å². The van der Waals surface area contributed by atoms with Gasteiger partial charge in [0.1, 0.15) is 0 Å². The molecule has 2 amide bonds. The second kappa shape index (κ2) is 8.41. The SMILES string of the molecule is Cc1cc2ccccc2n1CCCNC(=O)C1CC(=O)N(c2cccc(Br)c2)C1. The van der Waals surface area contributed by atoms with Crippen LogP contribution in [-0.4, -0.2) is 29.5 Å². The maximum absolute atomic E-state index is 12.6. The average molecular weight is 454 g/mol. The molecule has 0 radical (unpaired) electrons. The number of anilines is 1. The molecule has 4 rings (SSSR count). The maximum atomic E-state index is 12.6. The fraction of sp³-hybridized carbons (Fsp3) is 0.304. The number of aryl methyl sites for hydroxylation is 2. The first kappa shape index (κ1) is 19.7. The highest BCUT2D eigenvalue weighted by molar-refractivity contribution is 9.10. The number of halogens is 1. The third-order valence-electron chi connectivity index (χ3n) is 5.49. The summed E-state index contributed by atoms with van der Waals surface area (Å²) in [7, 11) is 0. The Kier molecular flexibility index (Phi) is 5.72. The van der Waals surface area contributed by atoms with Crippen molar-refractivity contribution < 1.29 is 9.59 Å². The van der Waals surface area contributed by atoms with Gasteiger partial charge in [-0.25, -0.2) is 0 Å². The lowest BCUT2D eigenvalue weighted by molar-refractivity contribution is -0.126. The minimum absolute atomic E-state index is 0.00214. The molecule has 5 nitrogen and oxygen atoms in total. The van der Waals surface area contributed by atoms with Gasteiger partial charge in [0.25, 0.3) is 0 Å². The van der Waals surface area contributed by atoms with Gasteiger partial charge in [0.05, 0.1) is 5.92 Å². The van der Waals surface area contributed by atoms with Crippen LogP contribution < -0.4 is 10.2 Å². The summed E-state index contributed by atoms with van der Waals surface area (Å²) < 4.78 is 3.21. The van der Waals surface area contributed by atoms with Crippen LogP contribution in [0.2, 0.25) is 0 Å². The van der Waals surface area contributed by atoms with Gasteiger partial charge >= 0.3 is 0 Å². The van der Waals surface area contributed by atoms with Crippen LogP contribution in [0.25, 0.3) is 10.9 Å². The maximum Gasteiger partial charge on any atom is 0.227 e. The van der Waals surface area contributed by atoms with Crippen molar-refractivity contribution in [1.29, 1.82) is 0 Å². The van der Waals surface area contributed by atoms with Crippen LogP contribution in [0.3, 0.4) is 0 Å². The molecule has 150 valence electrons. The Bertz CT molecular complexity index is 1060. The zero-order chi connectivity index (χ0) is 20.4. The van der Waals surface area contributed by atoms with Gasteiger partial charge in [-0.15, -0.1) is 0 Å². The first-order valence-corrected chi connectivity index (χ1v) is 10.7. The number of carbonyl (C=O) groups is 2. The Morgan fingerprint density at radius 1 is 1.17 bits per heavy atom. The highest BCUT2D eigenvalue weighted by Gasteiger charge is 2.34. The Balaban J connectivity index is 1.30. The van der Waals surface area contributed by atoms with E-state index >= 15 is 0 Å². The minimum atomic E-state index is -0.296. The molecular formula is C23H24BrN3O2. The monoisotopic (exact) mass is 453 g/mol. The summed E-state index contributed by atoms with van der Waals surface area (Å²) in [6.45, 7) is 4.00. The quantitative estimate of drug-likeness (QED) is 0.566. The number of rotatable bonds is 6. The molecule has 1 aliphatic heterocycles. The minimum Gasteiger partial charge on any atom is -0.356 e. The van der Waals surface area contributed by atoms with Crippen molar-refractivity contribution >= 4 is 44.3 Å². The number of carbonyl (C=O) groups excluding carboxylic acids is 2. The first-order valence-electron chi connectivity index (χ1n) is 9.91. The van der Waals surface area contributed by atoms with Crippen LogP contribution in [-0.2, 0) is 16.1 Å². The summed E-state index contributed by atoms with van der Waals surface area (Å²) in [6.07, 6.45) is 1.11. The smallest absolute Gasteiger partial charge is 0.227 e. The molecule has 3 aromatic rings. The molecule has 2 heterocycles. The molecule has 0 saturated carbocycles. The van der Waals surface area contributed by atoms with E-state index in [9.17, 15) is 9.59 Å². The molecule has 1 fully saturated rings. The third kappa shape index (κ3) is 4.22. The van der Waals surface area contributed by atoms with E-state index in [1.165, 1.54) is 16.6 Å². The van der Waals surface area contributed by atoms with Crippen LogP contribution in [0.1, 0.15) is 18.5 Å². The molecule has 0 spiro atoms. The first-order chi connectivity index (χ1) is 14.0. The zero-order valence-electron chi connectivity index (χ0n) is 16.4. The second-order valence-corrected chi connectivity index (χ2v) is 8.44. The normalized spacial score (nSPS) is 16.6. The summed E-state index contributed by atoms with van der Waals surface area (Å²) in [5.41, 5.74) is 3.28. The van der Waals surface area contributed by atoms with Crippen molar-refractivity contribution in [2.45, 2.75) is 26.3 Å². The summed E-state index contributed by atoms with van der Waals surface area (Å²) in [4.78, 5) is 26.6. The molecule has 1 aromatic heterocycles. The molecule has 1 atom stereocenters. The Morgan fingerprint density at radius 3 is 2.83 bits per heavy atom. The van der Waals surface area contributed by atoms with Crippen LogP contribution in [0, 0.1) is 12.8 Å². The largest absolute Gasteiger partial charge is 0.356 e. The molecule has 0 bridgehead atoms. The third-order valence-corrected chi connectivity index (χ3v) is 5.98. The van der Waals surface area contributed by atoms with Crippen LogP contribution >= 0.6 is 15.9 Å². The Morgan fingerprint density at radius 2 is 2.00 bits per heavy atom. The van der Waals surface area contributed by atoms with E-state index < -0.39 is 0 Å². The van der Waals surface area contributed by atoms with E-state index in [-0.39, 0.29) is 24.2 Å². The van der Waals surface area contributed by atoms with Gasteiger partial charge in [-0.3, -0.25) is 9.59 Å². The standard InChI is InChI=1S/C23H24BrN3O2/c1-16-12-17-6-2-3-9-21(17)26(16)11-5-10-25-23(29)18-13-22(28)27(15-18)20-8-4-7-19(24)14-20/h2-4,6-9,12,14,18H,5,10-11,13,15H2,1H3,(H,25,29). The summed E-state index contributed by atoms with van der Waals surface area (Å²) >= 11 is 3.43. The van der Waals surface area contributed by atoms with E-state index in [4.69, 9.17) is 0 Å². The van der Waals surface area contributed by atoms with Crippen LogP contribution in [0.4, 0.5) is 5.69 Å². The number of hydrogen-bond acceptors (Lipinski definition) is 2. The number of fused-ring (bicyclic) bond motifs is 1. The van der Waals surface area contributed by atoms with Crippen molar-refractivity contribution in [2.75, 3.05) is 18.0 Å². The molecule has 29 heavy (non-hydrogen) atoms. The predicted octanol–water partition coefficient (Wildman–Crippen LogP) is 4.27. The number of nitrogens with zero attached hydrogens (tertiary/aromatic N) is 2. The summed E-state index contributed by atoms with van der Waals surface area (Å²) in [6, 6.07) is 18.2. The highest BCUT2D eigenvalue weighted by Crippen LogP contribution is 2.27. The topological polar surface area (TPSA) is 54.3 Å². The van der Waals surface area contributed by atoms with E-state index in [2.05, 4.69) is 50.9 Å². The highest BCUT2D eigenvalue weighted by atomic mass is 79.9. The fourth-order valence-electron chi connectivity index (χ4n) is 4.02.